The number of amides is 1. The maximum absolute atomic E-state index is 12.4. The Kier molecular flexibility index (Phi) is 6.36. The van der Waals surface area contributed by atoms with E-state index in [9.17, 15) is 4.79 Å². The lowest BCUT2D eigenvalue weighted by molar-refractivity contribution is -0.122. The van der Waals surface area contributed by atoms with Crippen LogP contribution in [-0.2, 0) is 4.79 Å². The number of hydrogen-bond donors (Lipinski definition) is 2. The van der Waals surface area contributed by atoms with E-state index in [1.165, 1.54) is 0 Å². The maximum atomic E-state index is 12.4. The summed E-state index contributed by atoms with van der Waals surface area (Å²) in [5.74, 6) is 0.0591. The highest BCUT2D eigenvalue weighted by molar-refractivity contribution is 5.86. The average Bonchev–Trinajstić information content (AvgIpc) is 2.46. The summed E-state index contributed by atoms with van der Waals surface area (Å²) >= 11 is 0. The standard InChI is InChI=1S/C16H27N3O/c1-5-13(6-2)18-16(20)12(4)19(7-3)15-11-9-8-10-14(15)17/h8-13H,5-7,17H2,1-4H3,(H,18,20). The van der Waals surface area contributed by atoms with Crippen LogP contribution in [0.15, 0.2) is 24.3 Å². The zero-order chi connectivity index (χ0) is 15.1. The number of carbonyl (C=O) groups excluding carboxylic acids is 1. The Bertz CT molecular complexity index is 429. The molecule has 1 atom stereocenters. The number of para-hydroxylation sites is 2. The Labute approximate surface area is 122 Å². The molecule has 0 aliphatic heterocycles. The Morgan fingerprint density at radius 2 is 1.85 bits per heavy atom. The van der Waals surface area contributed by atoms with Crippen LogP contribution >= 0.6 is 0 Å². The first-order valence-electron chi connectivity index (χ1n) is 7.46. The molecule has 0 bridgehead atoms. The van der Waals surface area contributed by atoms with E-state index in [1.807, 2.05) is 43.0 Å². The predicted molar refractivity (Wildman–Crippen MR) is 85.8 cm³/mol. The average molecular weight is 277 g/mol. The first-order valence-corrected chi connectivity index (χ1v) is 7.46. The van der Waals surface area contributed by atoms with Crippen LogP contribution in [-0.4, -0.2) is 24.5 Å². The molecule has 0 aromatic heterocycles. The van der Waals surface area contributed by atoms with Crippen LogP contribution in [0.1, 0.15) is 40.5 Å². The summed E-state index contributed by atoms with van der Waals surface area (Å²) in [7, 11) is 0. The summed E-state index contributed by atoms with van der Waals surface area (Å²) in [4.78, 5) is 14.4. The molecule has 4 nitrogen and oxygen atoms in total. The lowest BCUT2D eigenvalue weighted by Crippen LogP contribution is -2.48. The van der Waals surface area contributed by atoms with Gasteiger partial charge in [-0.1, -0.05) is 26.0 Å². The monoisotopic (exact) mass is 277 g/mol. The molecule has 0 radical (unpaired) electrons. The SMILES string of the molecule is CCC(CC)NC(=O)C(C)N(CC)c1ccccc1N. The minimum Gasteiger partial charge on any atom is -0.397 e. The first-order chi connectivity index (χ1) is 9.54. The number of nitrogens with two attached hydrogens (primary N) is 1. The van der Waals surface area contributed by atoms with E-state index in [1.54, 1.807) is 0 Å². The van der Waals surface area contributed by atoms with Crippen molar-refractivity contribution >= 4 is 17.3 Å². The van der Waals surface area contributed by atoms with Crippen molar-refractivity contribution in [2.24, 2.45) is 0 Å². The largest absolute Gasteiger partial charge is 0.397 e. The van der Waals surface area contributed by atoms with Gasteiger partial charge >= 0.3 is 0 Å². The summed E-state index contributed by atoms with van der Waals surface area (Å²) in [5.41, 5.74) is 7.64. The number of nitrogens with zero attached hydrogens (tertiary/aromatic N) is 1. The number of nitrogen functional groups attached to an aromatic ring is 1. The molecule has 1 unspecified atom stereocenters. The number of benzene rings is 1. The van der Waals surface area contributed by atoms with Crippen molar-refractivity contribution in [1.82, 2.24) is 5.32 Å². The van der Waals surface area contributed by atoms with Crippen LogP contribution in [0.2, 0.25) is 0 Å². The van der Waals surface area contributed by atoms with Crippen LogP contribution in [0.3, 0.4) is 0 Å². The summed E-state index contributed by atoms with van der Waals surface area (Å²) in [5, 5.41) is 3.10. The minimum atomic E-state index is -0.231. The first kappa shape index (κ1) is 16.3. The predicted octanol–water partition coefficient (Wildman–Crippen LogP) is 2.79. The van der Waals surface area contributed by atoms with Crippen molar-refractivity contribution in [2.45, 2.75) is 52.6 Å². The van der Waals surface area contributed by atoms with Crippen molar-refractivity contribution in [1.29, 1.82) is 0 Å². The van der Waals surface area contributed by atoms with Crippen LogP contribution in [0, 0.1) is 0 Å². The Hall–Kier alpha value is -1.71. The van der Waals surface area contributed by atoms with Gasteiger partial charge < -0.3 is 16.0 Å². The molecule has 1 rings (SSSR count). The second-order valence-electron chi connectivity index (χ2n) is 5.04. The lowest BCUT2D eigenvalue weighted by Gasteiger charge is -2.31. The Balaban J connectivity index is 2.84. The molecule has 3 N–H and O–H groups in total. The molecular formula is C16H27N3O. The summed E-state index contributed by atoms with van der Waals surface area (Å²) in [6.45, 7) is 8.88. The fourth-order valence-corrected chi connectivity index (χ4v) is 2.36. The molecule has 0 saturated carbocycles. The van der Waals surface area contributed by atoms with Gasteiger partial charge in [0.15, 0.2) is 0 Å². The van der Waals surface area contributed by atoms with E-state index in [0.29, 0.717) is 5.69 Å². The smallest absolute Gasteiger partial charge is 0.242 e. The normalized spacial score (nSPS) is 12.2. The van der Waals surface area contributed by atoms with Gasteiger partial charge in [0, 0.05) is 12.6 Å². The second kappa shape index (κ2) is 7.78. The molecular weight excluding hydrogens is 250 g/mol. The molecule has 0 heterocycles. The topological polar surface area (TPSA) is 58.4 Å². The van der Waals surface area contributed by atoms with Gasteiger partial charge in [-0.25, -0.2) is 0 Å². The minimum absolute atomic E-state index is 0.0591. The van der Waals surface area contributed by atoms with Crippen LogP contribution in [0.4, 0.5) is 11.4 Å². The number of rotatable bonds is 7. The molecule has 0 aliphatic rings. The molecule has 1 amide bonds. The highest BCUT2D eigenvalue weighted by Crippen LogP contribution is 2.24. The van der Waals surface area contributed by atoms with E-state index < -0.39 is 0 Å². The van der Waals surface area contributed by atoms with Crippen LogP contribution in [0.5, 0.6) is 0 Å². The van der Waals surface area contributed by atoms with Crippen molar-refractivity contribution in [3.05, 3.63) is 24.3 Å². The Morgan fingerprint density at radius 1 is 1.25 bits per heavy atom. The van der Waals surface area contributed by atoms with E-state index in [2.05, 4.69) is 19.2 Å². The third kappa shape index (κ3) is 3.89. The van der Waals surface area contributed by atoms with Crippen LogP contribution in [0.25, 0.3) is 0 Å². The molecule has 0 aliphatic carbocycles. The van der Waals surface area contributed by atoms with Crippen molar-refractivity contribution in [3.8, 4) is 0 Å². The summed E-state index contributed by atoms with van der Waals surface area (Å²) in [6.07, 6.45) is 1.91. The van der Waals surface area contributed by atoms with E-state index in [4.69, 9.17) is 5.73 Å². The second-order valence-corrected chi connectivity index (χ2v) is 5.04. The van der Waals surface area contributed by atoms with Gasteiger partial charge in [-0.3, -0.25) is 4.79 Å². The molecule has 112 valence electrons. The van der Waals surface area contributed by atoms with Crippen LogP contribution < -0.4 is 16.0 Å². The molecule has 1 aromatic rings. The van der Waals surface area contributed by atoms with Gasteiger partial charge in [-0.2, -0.15) is 0 Å². The fraction of sp³-hybridized carbons (Fsp3) is 0.562. The van der Waals surface area contributed by atoms with Gasteiger partial charge in [-0.05, 0) is 38.8 Å². The van der Waals surface area contributed by atoms with E-state index in [-0.39, 0.29) is 18.0 Å². The molecule has 0 fully saturated rings. The number of likely N-dealkylation sites (N-methyl/N-ethyl adjacent to an activating group) is 1. The summed E-state index contributed by atoms with van der Waals surface area (Å²) in [6, 6.07) is 7.69. The maximum Gasteiger partial charge on any atom is 0.242 e. The van der Waals surface area contributed by atoms with Gasteiger partial charge in [0.2, 0.25) is 5.91 Å². The highest BCUT2D eigenvalue weighted by atomic mass is 16.2. The van der Waals surface area contributed by atoms with E-state index >= 15 is 0 Å². The zero-order valence-corrected chi connectivity index (χ0v) is 13.0. The van der Waals surface area contributed by atoms with Crippen molar-refractivity contribution < 1.29 is 4.79 Å². The number of hydrogen-bond acceptors (Lipinski definition) is 3. The molecule has 0 saturated heterocycles. The van der Waals surface area contributed by atoms with Gasteiger partial charge in [0.1, 0.15) is 6.04 Å². The van der Waals surface area contributed by atoms with Crippen molar-refractivity contribution in [2.75, 3.05) is 17.2 Å². The van der Waals surface area contributed by atoms with Gasteiger partial charge in [0.05, 0.1) is 11.4 Å². The van der Waals surface area contributed by atoms with Crippen molar-refractivity contribution in [3.63, 3.8) is 0 Å². The molecule has 4 heteroatoms. The third-order valence-electron chi connectivity index (χ3n) is 3.77. The third-order valence-corrected chi connectivity index (χ3v) is 3.77. The number of nitrogens with one attached hydrogen (secondary N) is 1. The number of anilines is 2. The Morgan fingerprint density at radius 3 is 2.35 bits per heavy atom. The molecule has 0 spiro atoms. The lowest BCUT2D eigenvalue weighted by atomic mass is 10.1. The summed E-state index contributed by atoms with van der Waals surface area (Å²) < 4.78 is 0. The van der Waals surface area contributed by atoms with E-state index in [0.717, 1.165) is 25.1 Å². The molecule has 1 aromatic carbocycles. The quantitative estimate of drug-likeness (QED) is 0.753. The fourth-order valence-electron chi connectivity index (χ4n) is 2.36. The zero-order valence-electron chi connectivity index (χ0n) is 13.0. The highest BCUT2D eigenvalue weighted by Gasteiger charge is 2.23. The molecule has 20 heavy (non-hydrogen) atoms. The number of carbonyl (C=O) groups is 1. The van der Waals surface area contributed by atoms with Gasteiger partial charge in [0.25, 0.3) is 0 Å². The van der Waals surface area contributed by atoms with Gasteiger partial charge in [-0.15, -0.1) is 0 Å².